The summed E-state index contributed by atoms with van der Waals surface area (Å²) in [7, 11) is 0. The summed E-state index contributed by atoms with van der Waals surface area (Å²) >= 11 is 6.07. The summed E-state index contributed by atoms with van der Waals surface area (Å²) in [6, 6.07) is 5.90. The lowest BCUT2D eigenvalue weighted by Crippen LogP contribution is -2.22. The molecule has 13 heavy (non-hydrogen) atoms. The maximum Gasteiger partial charge on any atom is 0.0638 e. The SMILES string of the molecule is CC1c2c(Cl)cccc2NC1CO. The second-order valence-corrected chi connectivity index (χ2v) is 3.83. The van der Waals surface area contributed by atoms with Gasteiger partial charge in [0.1, 0.15) is 0 Å². The van der Waals surface area contributed by atoms with Crippen molar-refractivity contribution in [1.29, 1.82) is 0 Å². The molecule has 0 saturated heterocycles. The first-order valence-corrected chi connectivity index (χ1v) is 4.77. The zero-order valence-electron chi connectivity index (χ0n) is 7.42. The molecule has 1 aromatic carbocycles. The first-order chi connectivity index (χ1) is 6.24. The van der Waals surface area contributed by atoms with Gasteiger partial charge in [0, 0.05) is 16.6 Å². The van der Waals surface area contributed by atoms with Gasteiger partial charge >= 0.3 is 0 Å². The Morgan fingerprint density at radius 3 is 2.92 bits per heavy atom. The number of anilines is 1. The first-order valence-electron chi connectivity index (χ1n) is 4.40. The Morgan fingerprint density at radius 2 is 2.31 bits per heavy atom. The Labute approximate surface area is 82.5 Å². The van der Waals surface area contributed by atoms with Crippen LogP contribution >= 0.6 is 11.6 Å². The lowest BCUT2D eigenvalue weighted by molar-refractivity contribution is 0.266. The monoisotopic (exact) mass is 197 g/mol. The summed E-state index contributed by atoms with van der Waals surface area (Å²) in [4.78, 5) is 0. The molecule has 2 nitrogen and oxygen atoms in total. The summed E-state index contributed by atoms with van der Waals surface area (Å²) in [5.41, 5.74) is 2.18. The van der Waals surface area contributed by atoms with E-state index in [4.69, 9.17) is 16.7 Å². The van der Waals surface area contributed by atoms with Crippen molar-refractivity contribution in [3.05, 3.63) is 28.8 Å². The lowest BCUT2D eigenvalue weighted by Gasteiger charge is -2.12. The summed E-state index contributed by atoms with van der Waals surface area (Å²) in [6.07, 6.45) is 0. The minimum atomic E-state index is 0.106. The van der Waals surface area contributed by atoms with E-state index in [1.54, 1.807) is 0 Å². The Morgan fingerprint density at radius 1 is 1.54 bits per heavy atom. The van der Waals surface area contributed by atoms with Crippen LogP contribution in [0.25, 0.3) is 0 Å². The Balaban J connectivity index is 2.44. The summed E-state index contributed by atoms with van der Waals surface area (Å²) < 4.78 is 0. The number of benzene rings is 1. The summed E-state index contributed by atoms with van der Waals surface area (Å²) in [6.45, 7) is 2.22. The molecular weight excluding hydrogens is 186 g/mol. The van der Waals surface area contributed by atoms with Crippen LogP contribution in [0.15, 0.2) is 18.2 Å². The van der Waals surface area contributed by atoms with Crippen molar-refractivity contribution in [3.8, 4) is 0 Å². The maximum absolute atomic E-state index is 9.09. The molecule has 0 aromatic heterocycles. The average Bonchev–Trinajstić information content (AvgIpc) is 2.44. The number of hydrogen-bond acceptors (Lipinski definition) is 2. The van der Waals surface area contributed by atoms with Gasteiger partial charge in [0.2, 0.25) is 0 Å². The van der Waals surface area contributed by atoms with E-state index in [2.05, 4.69) is 12.2 Å². The van der Waals surface area contributed by atoms with Crippen LogP contribution in [0.5, 0.6) is 0 Å². The first kappa shape index (κ1) is 8.85. The van der Waals surface area contributed by atoms with E-state index in [-0.39, 0.29) is 18.6 Å². The minimum Gasteiger partial charge on any atom is -0.394 e. The number of fused-ring (bicyclic) bond motifs is 1. The van der Waals surface area contributed by atoms with E-state index in [1.165, 1.54) is 0 Å². The van der Waals surface area contributed by atoms with Gasteiger partial charge < -0.3 is 10.4 Å². The molecule has 2 unspecified atom stereocenters. The highest BCUT2D eigenvalue weighted by atomic mass is 35.5. The van der Waals surface area contributed by atoms with Gasteiger partial charge in [-0.3, -0.25) is 0 Å². The van der Waals surface area contributed by atoms with Crippen LogP contribution < -0.4 is 5.32 Å². The number of hydrogen-bond donors (Lipinski definition) is 2. The molecule has 0 aliphatic carbocycles. The molecule has 1 aromatic rings. The molecule has 2 N–H and O–H groups in total. The average molecular weight is 198 g/mol. The van der Waals surface area contributed by atoms with E-state index in [0.29, 0.717) is 0 Å². The largest absolute Gasteiger partial charge is 0.394 e. The van der Waals surface area contributed by atoms with Crippen LogP contribution in [-0.2, 0) is 0 Å². The van der Waals surface area contributed by atoms with Crippen molar-refractivity contribution in [2.24, 2.45) is 0 Å². The van der Waals surface area contributed by atoms with E-state index < -0.39 is 0 Å². The predicted octanol–water partition coefficient (Wildman–Crippen LogP) is 2.23. The van der Waals surface area contributed by atoms with Gasteiger partial charge in [-0.25, -0.2) is 0 Å². The highest BCUT2D eigenvalue weighted by molar-refractivity contribution is 6.32. The van der Waals surface area contributed by atoms with Crippen molar-refractivity contribution in [1.82, 2.24) is 0 Å². The number of aliphatic hydroxyl groups excluding tert-OH is 1. The van der Waals surface area contributed by atoms with Gasteiger partial charge in [-0.15, -0.1) is 0 Å². The molecule has 0 bridgehead atoms. The molecule has 1 aliphatic heterocycles. The second kappa shape index (κ2) is 3.20. The highest BCUT2D eigenvalue weighted by Gasteiger charge is 2.29. The fraction of sp³-hybridized carbons (Fsp3) is 0.400. The van der Waals surface area contributed by atoms with Gasteiger partial charge in [0.25, 0.3) is 0 Å². The third kappa shape index (κ3) is 1.30. The molecule has 2 atom stereocenters. The second-order valence-electron chi connectivity index (χ2n) is 3.42. The van der Waals surface area contributed by atoms with E-state index in [9.17, 15) is 0 Å². The van der Waals surface area contributed by atoms with E-state index in [0.717, 1.165) is 16.3 Å². The van der Waals surface area contributed by atoms with Crippen molar-refractivity contribution in [2.45, 2.75) is 18.9 Å². The van der Waals surface area contributed by atoms with Crippen LogP contribution in [0.2, 0.25) is 5.02 Å². The third-order valence-corrected chi connectivity index (χ3v) is 2.98. The fourth-order valence-corrected chi connectivity index (χ4v) is 2.20. The van der Waals surface area contributed by atoms with Crippen LogP contribution in [0.1, 0.15) is 18.4 Å². The highest BCUT2D eigenvalue weighted by Crippen LogP contribution is 2.39. The van der Waals surface area contributed by atoms with Crippen LogP contribution in [0.3, 0.4) is 0 Å². The number of rotatable bonds is 1. The van der Waals surface area contributed by atoms with Crippen molar-refractivity contribution in [3.63, 3.8) is 0 Å². The Bertz CT molecular complexity index is 327. The van der Waals surface area contributed by atoms with Crippen LogP contribution in [-0.4, -0.2) is 17.8 Å². The topological polar surface area (TPSA) is 32.3 Å². The zero-order chi connectivity index (χ0) is 9.42. The van der Waals surface area contributed by atoms with Crippen LogP contribution in [0.4, 0.5) is 5.69 Å². The summed E-state index contributed by atoms with van der Waals surface area (Å²) in [5.74, 6) is 0.286. The van der Waals surface area contributed by atoms with Crippen LogP contribution in [0, 0.1) is 0 Å². The number of nitrogens with one attached hydrogen (secondary N) is 1. The molecule has 2 rings (SSSR count). The smallest absolute Gasteiger partial charge is 0.0638 e. The molecular formula is C10H12ClNO. The van der Waals surface area contributed by atoms with E-state index >= 15 is 0 Å². The molecule has 0 radical (unpaired) electrons. The summed E-state index contributed by atoms with van der Waals surface area (Å²) in [5, 5.41) is 13.1. The molecule has 70 valence electrons. The third-order valence-electron chi connectivity index (χ3n) is 2.65. The maximum atomic E-state index is 9.09. The van der Waals surface area contributed by atoms with Gasteiger partial charge in [-0.2, -0.15) is 0 Å². The lowest BCUT2D eigenvalue weighted by atomic mass is 9.98. The molecule has 0 spiro atoms. The predicted molar refractivity (Wildman–Crippen MR) is 54.4 cm³/mol. The van der Waals surface area contributed by atoms with Gasteiger partial charge in [-0.05, 0) is 17.7 Å². The molecule has 1 heterocycles. The van der Waals surface area contributed by atoms with Gasteiger partial charge in [0.05, 0.1) is 12.6 Å². The molecule has 0 saturated carbocycles. The standard InChI is InChI=1S/C10H12ClNO/c1-6-9(5-13)12-8-4-2-3-7(11)10(6)8/h2-4,6,9,12-13H,5H2,1H3. The minimum absolute atomic E-state index is 0.106. The van der Waals surface area contributed by atoms with E-state index in [1.807, 2.05) is 18.2 Å². The Kier molecular flexibility index (Phi) is 2.18. The Hall–Kier alpha value is -0.730. The molecule has 3 heteroatoms. The van der Waals surface area contributed by atoms with Crippen molar-refractivity contribution < 1.29 is 5.11 Å². The van der Waals surface area contributed by atoms with Crippen molar-refractivity contribution in [2.75, 3.05) is 11.9 Å². The molecule has 0 amide bonds. The van der Waals surface area contributed by atoms with Crippen molar-refractivity contribution >= 4 is 17.3 Å². The van der Waals surface area contributed by atoms with Gasteiger partial charge in [0.15, 0.2) is 0 Å². The van der Waals surface area contributed by atoms with Gasteiger partial charge in [-0.1, -0.05) is 24.6 Å². The molecule has 1 aliphatic rings. The number of aliphatic hydroxyl groups is 1. The molecule has 0 fully saturated rings. The zero-order valence-corrected chi connectivity index (χ0v) is 8.17. The quantitative estimate of drug-likeness (QED) is 0.724. The fourth-order valence-electron chi connectivity index (χ4n) is 1.86. The normalized spacial score (nSPS) is 25.5. The number of halogens is 1.